The van der Waals surface area contributed by atoms with Crippen molar-refractivity contribution < 1.29 is 22.6 Å². The van der Waals surface area contributed by atoms with E-state index in [1.165, 1.54) is 32.7 Å². The second kappa shape index (κ2) is 12.9. The van der Waals surface area contributed by atoms with E-state index in [0.717, 1.165) is 5.41 Å². The zero-order chi connectivity index (χ0) is 24.7. The Morgan fingerprint density at radius 2 is 1.47 bits per heavy atom. The molecule has 0 atom stereocenters. The van der Waals surface area contributed by atoms with Gasteiger partial charge in [0.1, 0.15) is 0 Å². The minimum atomic E-state index is -4.02. The minimum absolute atomic E-state index is 0. The summed E-state index contributed by atoms with van der Waals surface area (Å²) in [6, 6.07) is 17.5. The molecule has 0 radical (unpaired) electrons. The number of aromatic nitrogens is 4. The van der Waals surface area contributed by atoms with Crippen LogP contribution in [0.3, 0.4) is 0 Å². The molecule has 10 nitrogen and oxygen atoms in total. The number of benzene rings is 2. The second-order valence-corrected chi connectivity index (χ2v) is 8.49. The Hall–Kier alpha value is -2.87. The van der Waals surface area contributed by atoms with Crippen LogP contribution < -0.4 is 18.9 Å². The summed E-state index contributed by atoms with van der Waals surface area (Å²) in [6.45, 7) is 0. The Labute approximate surface area is 251 Å². The molecule has 0 saturated carbocycles. The normalized spacial score (nSPS) is 10.9. The number of anilines is 1. The predicted molar refractivity (Wildman–Crippen MR) is 138 cm³/mol. The summed E-state index contributed by atoms with van der Waals surface area (Å²) < 4.78 is 45.0. The summed E-state index contributed by atoms with van der Waals surface area (Å²) in [7, 11) is -1.15. The van der Waals surface area contributed by atoms with Crippen LogP contribution in [0.15, 0.2) is 78.5 Å². The van der Waals surface area contributed by atoms with Crippen molar-refractivity contribution in [3.05, 3.63) is 84.0 Å². The van der Waals surface area contributed by atoms with Gasteiger partial charge in [0.2, 0.25) is 11.6 Å². The topological polar surface area (TPSA) is 125 Å². The van der Waals surface area contributed by atoms with E-state index in [0.29, 0.717) is 17.1 Å². The summed E-state index contributed by atoms with van der Waals surface area (Å²) in [5.41, 5.74) is 0.710. The molecule has 0 fully saturated rings. The summed E-state index contributed by atoms with van der Waals surface area (Å²) in [4.78, 5) is 16.9. The Kier molecular flexibility index (Phi) is 9.93. The van der Waals surface area contributed by atoms with Gasteiger partial charge in [0.25, 0.3) is 15.9 Å². The number of para-hydroxylation sites is 2. The molecule has 4 rings (SSSR count). The first kappa shape index (κ1) is 27.7. The van der Waals surface area contributed by atoms with Crippen molar-refractivity contribution in [1.29, 1.82) is 0 Å². The molecular weight excluding hydrogens is 509 g/mol. The number of hydrogen-bond donors (Lipinski definition) is 1. The molecule has 0 aliphatic rings. The average Bonchev–Trinajstić information content (AvgIpc) is 2.89. The van der Waals surface area contributed by atoms with Crippen molar-refractivity contribution in [2.24, 2.45) is 0 Å². The van der Waals surface area contributed by atoms with Gasteiger partial charge in [-0.15, -0.1) is 0 Å². The third kappa shape index (κ3) is 7.09. The fraction of sp³-hybridized carbons (Fsp3) is 0.0833. The van der Waals surface area contributed by atoms with Gasteiger partial charge in [0.15, 0.2) is 23.1 Å². The van der Waals surface area contributed by atoms with E-state index < -0.39 is 10.0 Å². The fourth-order valence-electron chi connectivity index (χ4n) is 2.96. The van der Waals surface area contributed by atoms with Crippen LogP contribution in [0.4, 0.5) is 5.82 Å². The Bertz CT molecular complexity index is 1440. The van der Waals surface area contributed by atoms with Gasteiger partial charge in [-0.05, 0) is 29.8 Å². The fourth-order valence-corrected chi connectivity index (χ4v) is 3.77. The third-order valence-corrected chi connectivity index (χ3v) is 5.53. The van der Waals surface area contributed by atoms with Crippen LogP contribution in [0.2, 0.25) is 0 Å². The van der Waals surface area contributed by atoms with E-state index in [-0.39, 0.29) is 80.5 Å². The SMILES string of the molecule is COc1ccccc1Oc1c(NS(=O)(=O)C=Cc2ccccc2)nc(-c2ncccn2)nc1OC.[KH]. The standard InChI is InChI=1S/C24H21N5O5S.K.H/c1-32-18-11-6-7-12-19(18)34-20-21(29-35(30,31)16-13-17-9-4-3-5-10-17)27-23(28-24(20)33-2)22-25-14-8-15-26-22;;/h3-16H,1-2H3,(H,27,28,29);;. The molecule has 2 aromatic heterocycles. The number of sulfonamides is 1. The predicted octanol–water partition coefficient (Wildman–Crippen LogP) is 3.51. The molecule has 1 N–H and O–H groups in total. The molecule has 0 aliphatic carbocycles. The maximum atomic E-state index is 12.9. The maximum absolute atomic E-state index is 12.9. The number of methoxy groups -OCH3 is 2. The van der Waals surface area contributed by atoms with Crippen molar-refractivity contribution >= 4 is 73.3 Å². The average molecular weight is 532 g/mol. The van der Waals surface area contributed by atoms with Gasteiger partial charge < -0.3 is 14.2 Å². The molecule has 36 heavy (non-hydrogen) atoms. The molecule has 0 saturated heterocycles. The van der Waals surface area contributed by atoms with E-state index in [1.807, 2.05) is 6.07 Å². The van der Waals surface area contributed by atoms with Crippen LogP contribution in [0.1, 0.15) is 5.56 Å². The van der Waals surface area contributed by atoms with Gasteiger partial charge in [-0.25, -0.2) is 23.4 Å². The number of nitrogens with one attached hydrogen (secondary N) is 1. The van der Waals surface area contributed by atoms with Gasteiger partial charge >= 0.3 is 51.4 Å². The van der Waals surface area contributed by atoms with Gasteiger partial charge in [-0.3, -0.25) is 4.72 Å². The number of ether oxygens (including phenoxy) is 3. The first-order valence-electron chi connectivity index (χ1n) is 10.3. The molecule has 2 heterocycles. The Balaban J connectivity index is 0.00000361. The van der Waals surface area contributed by atoms with Crippen molar-refractivity contribution in [1.82, 2.24) is 19.9 Å². The number of rotatable bonds is 9. The Morgan fingerprint density at radius 3 is 2.14 bits per heavy atom. The summed E-state index contributed by atoms with van der Waals surface area (Å²) in [5, 5.41) is 1.03. The molecular formula is C24H22KN5O5S. The van der Waals surface area contributed by atoms with Crippen LogP contribution in [-0.4, -0.2) is 94.0 Å². The van der Waals surface area contributed by atoms with E-state index in [9.17, 15) is 8.42 Å². The van der Waals surface area contributed by atoms with Crippen molar-refractivity contribution in [3.8, 4) is 34.8 Å². The van der Waals surface area contributed by atoms with Crippen LogP contribution in [0.5, 0.6) is 23.1 Å². The van der Waals surface area contributed by atoms with Crippen LogP contribution in [-0.2, 0) is 10.0 Å². The molecule has 0 unspecified atom stereocenters. The van der Waals surface area contributed by atoms with Crippen LogP contribution in [0.25, 0.3) is 17.7 Å². The van der Waals surface area contributed by atoms with Crippen LogP contribution >= 0.6 is 0 Å². The quantitative estimate of drug-likeness (QED) is 0.323. The summed E-state index contributed by atoms with van der Waals surface area (Å²) >= 11 is 0. The molecule has 0 aliphatic heterocycles. The van der Waals surface area contributed by atoms with Crippen molar-refractivity contribution in [2.45, 2.75) is 0 Å². The molecule has 12 heteroatoms. The monoisotopic (exact) mass is 531 g/mol. The molecule has 0 spiro atoms. The van der Waals surface area contributed by atoms with Crippen LogP contribution in [0, 0.1) is 0 Å². The molecule has 180 valence electrons. The van der Waals surface area contributed by atoms with Gasteiger partial charge in [0.05, 0.1) is 19.6 Å². The van der Waals surface area contributed by atoms with E-state index in [2.05, 4.69) is 24.7 Å². The second-order valence-electron chi connectivity index (χ2n) is 6.92. The Morgan fingerprint density at radius 1 is 0.806 bits per heavy atom. The zero-order valence-electron chi connectivity index (χ0n) is 18.8. The molecule has 4 aromatic rings. The first-order chi connectivity index (χ1) is 17.0. The van der Waals surface area contributed by atoms with Gasteiger partial charge in [-0.2, -0.15) is 4.98 Å². The van der Waals surface area contributed by atoms with Gasteiger partial charge in [0, 0.05) is 12.4 Å². The van der Waals surface area contributed by atoms with E-state index >= 15 is 0 Å². The van der Waals surface area contributed by atoms with E-state index in [4.69, 9.17) is 14.2 Å². The molecule has 0 amide bonds. The van der Waals surface area contributed by atoms with Crippen molar-refractivity contribution in [3.63, 3.8) is 0 Å². The number of nitrogens with zero attached hydrogens (tertiary/aromatic N) is 4. The zero-order valence-corrected chi connectivity index (χ0v) is 19.6. The third-order valence-electron chi connectivity index (χ3n) is 4.55. The molecule has 0 bridgehead atoms. The van der Waals surface area contributed by atoms with Gasteiger partial charge in [-0.1, -0.05) is 42.5 Å². The van der Waals surface area contributed by atoms with E-state index in [1.54, 1.807) is 54.6 Å². The summed E-state index contributed by atoms with van der Waals surface area (Å²) in [5.74, 6) is 0.688. The first-order valence-corrected chi connectivity index (χ1v) is 11.8. The molecule has 2 aromatic carbocycles. The summed E-state index contributed by atoms with van der Waals surface area (Å²) in [6.07, 6.45) is 4.50. The number of hydrogen-bond acceptors (Lipinski definition) is 9. The van der Waals surface area contributed by atoms with Crippen molar-refractivity contribution in [2.75, 3.05) is 18.9 Å².